The highest BCUT2D eigenvalue weighted by molar-refractivity contribution is 5.93. The van der Waals surface area contributed by atoms with Crippen molar-refractivity contribution in [2.45, 2.75) is 13.0 Å². The fourth-order valence-electron chi connectivity index (χ4n) is 3.05. The number of rotatable bonds is 8. The Morgan fingerprint density at radius 3 is 2.72 bits per heavy atom. The number of carbonyl (C=O) groups is 1. The predicted molar refractivity (Wildman–Crippen MR) is 110 cm³/mol. The number of amides is 1. The van der Waals surface area contributed by atoms with Crippen LogP contribution in [0, 0.1) is 0 Å². The molecule has 1 aliphatic rings. The van der Waals surface area contributed by atoms with Crippen LogP contribution in [0.4, 0.5) is 11.4 Å². The van der Waals surface area contributed by atoms with Crippen molar-refractivity contribution in [2.75, 3.05) is 50.7 Å². The molecule has 156 valence electrons. The summed E-state index contributed by atoms with van der Waals surface area (Å²) in [5, 5.41) is 13.4. The summed E-state index contributed by atoms with van der Waals surface area (Å²) < 4.78 is 21.8. The number of benzene rings is 2. The number of hydrogen-bond donors (Lipinski definition) is 2. The second-order valence-electron chi connectivity index (χ2n) is 6.56. The van der Waals surface area contributed by atoms with Crippen molar-refractivity contribution in [1.29, 1.82) is 0 Å². The highest BCUT2D eigenvalue weighted by atomic mass is 16.5. The number of aliphatic hydroxyl groups is 1. The summed E-state index contributed by atoms with van der Waals surface area (Å²) in [6.07, 6.45) is -0.728. The number of methoxy groups -OCH3 is 2. The molecular weight excluding hydrogens is 376 g/mol. The Morgan fingerprint density at radius 2 is 2.00 bits per heavy atom. The summed E-state index contributed by atoms with van der Waals surface area (Å²) in [5.74, 6) is 2.39. The molecule has 0 aliphatic carbocycles. The first-order valence-corrected chi connectivity index (χ1v) is 9.33. The molecule has 8 heteroatoms. The molecule has 1 aliphatic heterocycles. The Bertz CT molecular complexity index is 857. The van der Waals surface area contributed by atoms with Crippen molar-refractivity contribution < 1.29 is 28.8 Å². The number of fused-ring (bicyclic) bond motifs is 1. The number of carbonyl (C=O) groups excluding carboxylic acids is 1. The Kier molecular flexibility index (Phi) is 6.66. The molecule has 1 unspecified atom stereocenters. The SMILES string of the molecule is COc1ccc(NCC(O)COc2ccc3c(c2)OCCN3C(C)=O)cc1OC. The van der Waals surface area contributed by atoms with Crippen LogP contribution in [-0.4, -0.2) is 57.6 Å². The van der Waals surface area contributed by atoms with Gasteiger partial charge >= 0.3 is 0 Å². The van der Waals surface area contributed by atoms with Crippen LogP contribution in [0.3, 0.4) is 0 Å². The van der Waals surface area contributed by atoms with Gasteiger partial charge in [0.2, 0.25) is 5.91 Å². The number of nitrogens with zero attached hydrogens (tertiary/aromatic N) is 1. The van der Waals surface area contributed by atoms with Gasteiger partial charge in [-0.05, 0) is 24.3 Å². The maximum Gasteiger partial charge on any atom is 0.224 e. The molecule has 1 atom stereocenters. The van der Waals surface area contributed by atoms with E-state index in [2.05, 4.69) is 5.32 Å². The zero-order chi connectivity index (χ0) is 20.8. The molecular formula is C21H26N2O6. The normalized spacial score (nSPS) is 13.7. The van der Waals surface area contributed by atoms with Gasteiger partial charge in [-0.15, -0.1) is 0 Å². The van der Waals surface area contributed by atoms with Crippen molar-refractivity contribution in [1.82, 2.24) is 0 Å². The molecule has 2 aromatic rings. The Balaban J connectivity index is 1.53. The maximum atomic E-state index is 11.7. The van der Waals surface area contributed by atoms with Gasteiger partial charge in [0, 0.05) is 31.3 Å². The van der Waals surface area contributed by atoms with E-state index in [1.165, 1.54) is 6.92 Å². The van der Waals surface area contributed by atoms with Crippen LogP contribution in [0.15, 0.2) is 36.4 Å². The molecule has 0 spiro atoms. The number of anilines is 2. The van der Waals surface area contributed by atoms with Crippen LogP contribution in [0.1, 0.15) is 6.92 Å². The molecule has 0 aromatic heterocycles. The molecule has 2 N–H and O–H groups in total. The second-order valence-corrected chi connectivity index (χ2v) is 6.56. The van der Waals surface area contributed by atoms with E-state index in [-0.39, 0.29) is 12.5 Å². The average molecular weight is 402 g/mol. The van der Waals surface area contributed by atoms with E-state index < -0.39 is 6.10 Å². The van der Waals surface area contributed by atoms with Crippen LogP contribution >= 0.6 is 0 Å². The number of aliphatic hydroxyl groups excluding tert-OH is 1. The fourth-order valence-corrected chi connectivity index (χ4v) is 3.05. The first kappa shape index (κ1) is 20.6. The van der Waals surface area contributed by atoms with E-state index >= 15 is 0 Å². The first-order valence-electron chi connectivity index (χ1n) is 9.33. The molecule has 1 heterocycles. The minimum Gasteiger partial charge on any atom is -0.493 e. The van der Waals surface area contributed by atoms with Crippen LogP contribution < -0.4 is 29.2 Å². The summed E-state index contributed by atoms with van der Waals surface area (Å²) in [5.41, 5.74) is 1.53. The molecule has 0 bridgehead atoms. The van der Waals surface area contributed by atoms with Crippen molar-refractivity contribution in [3.63, 3.8) is 0 Å². The smallest absolute Gasteiger partial charge is 0.224 e. The minimum atomic E-state index is -0.728. The predicted octanol–water partition coefficient (Wildman–Crippen LogP) is 2.30. The standard InChI is InChI=1S/C21H26N2O6/c1-14(24)23-8-9-28-20-11-17(5-6-18(20)23)29-13-16(25)12-22-15-4-7-19(26-2)21(10-15)27-3/h4-7,10-11,16,22,25H,8-9,12-13H2,1-3H3. The van der Waals surface area contributed by atoms with Crippen molar-refractivity contribution in [3.05, 3.63) is 36.4 Å². The van der Waals surface area contributed by atoms with E-state index in [0.717, 1.165) is 11.4 Å². The van der Waals surface area contributed by atoms with E-state index in [9.17, 15) is 9.90 Å². The first-order chi connectivity index (χ1) is 14.0. The lowest BCUT2D eigenvalue weighted by atomic mass is 10.2. The molecule has 2 aromatic carbocycles. The van der Waals surface area contributed by atoms with Crippen LogP contribution in [0.2, 0.25) is 0 Å². The highest BCUT2D eigenvalue weighted by Crippen LogP contribution is 2.35. The van der Waals surface area contributed by atoms with Gasteiger partial charge in [-0.25, -0.2) is 0 Å². The lowest BCUT2D eigenvalue weighted by molar-refractivity contribution is -0.116. The lowest BCUT2D eigenvalue weighted by Crippen LogP contribution is -2.36. The van der Waals surface area contributed by atoms with Gasteiger partial charge in [0.05, 0.1) is 26.5 Å². The lowest BCUT2D eigenvalue weighted by Gasteiger charge is -2.29. The monoisotopic (exact) mass is 402 g/mol. The van der Waals surface area contributed by atoms with Crippen molar-refractivity contribution in [2.24, 2.45) is 0 Å². The number of hydrogen-bond acceptors (Lipinski definition) is 7. The van der Waals surface area contributed by atoms with Gasteiger partial charge in [0.1, 0.15) is 30.8 Å². The topological polar surface area (TPSA) is 89.5 Å². The molecule has 0 saturated carbocycles. The molecule has 29 heavy (non-hydrogen) atoms. The van der Waals surface area contributed by atoms with Gasteiger partial charge in [-0.1, -0.05) is 0 Å². The average Bonchev–Trinajstić information content (AvgIpc) is 2.75. The Hall–Kier alpha value is -3.13. The molecule has 1 amide bonds. The minimum absolute atomic E-state index is 0.0279. The highest BCUT2D eigenvalue weighted by Gasteiger charge is 2.21. The molecule has 0 saturated heterocycles. The summed E-state index contributed by atoms with van der Waals surface area (Å²) in [4.78, 5) is 13.4. The van der Waals surface area contributed by atoms with E-state index in [1.54, 1.807) is 49.5 Å². The van der Waals surface area contributed by atoms with Crippen molar-refractivity contribution in [3.8, 4) is 23.0 Å². The van der Waals surface area contributed by atoms with Gasteiger partial charge in [0.25, 0.3) is 0 Å². The zero-order valence-electron chi connectivity index (χ0n) is 16.8. The van der Waals surface area contributed by atoms with Gasteiger partial charge in [-0.3, -0.25) is 4.79 Å². The number of nitrogens with one attached hydrogen (secondary N) is 1. The molecule has 8 nitrogen and oxygen atoms in total. The van der Waals surface area contributed by atoms with E-state index in [1.807, 2.05) is 6.07 Å². The fraction of sp³-hybridized carbons (Fsp3) is 0.381. The third-order valence-corrected chi connectivity index (χ3v) is 4.54. The Morgan fingerprint density at radius 1 is 1.21 bits per heavy atom. The van der Waals surface area contributed by atoms with Crippen LogP contribution in [-0.2, 0) is 4.79 Å². The summed E-state index contributed by atoms with van der Waals surface area (Å²) >= 11 is 0. The van der Waals surface area contributed by atoms with Crippen LogP contribution in [0.5, 0.6) is 23.0 Å². The summed E-state index contributed by atoms with van der Waals surface area (Å²) in [7, 11) is 3.15. The summed E-state index contributed by atoms with van der Waals surface area (Å²) in [6, 6.07) is 10.7. The van der Waals surface area contributed by atoms with Gasteiger partial charge in [0.15, 0.2) is 11.5 Å². The number of ether oxygens (including phenoxy) is 4. The van der Waals surface area contributed by atoms with Crippen molar-refractivity contribution >= 4 is 17.3 Å². The third kappa shape index (κ3) is 5.03. The molecule has 0 fully saturated rings. The quantitative estimate of drug-likeness (QED) is 0.700. The summed E-state index contributed by atoms with van der Waals surface area (Å²) in [6.45, 7) is 2.91. The van der Waals surface area contributed by atoms with Crippen LogP contribution in [0.25, 0.3) is 0 Å². The Labute approximate surface area is 169 Å². The maximum absolute atomic E-state index is 11.7. The second kappa shape index (κ2) is 9.38. The zero-order valence-corrected chi connectivity index (χ0v) is 16.8. The van der Waals surface area contributed by atoms with E-state index in [0.29, 0.717) is 42.7 Å². The molecule has 3 rings (SSSR count). The van der Waals surface area contributed by atoms with Gasteiger partial charge < -0.3 is 34.3 Å². The van der Waals surface area contributed by atoms with E-state index in [4.69, 9.17) is 18.9 Å². The van der Waals surface area contributed by atoms with Gasteiger partial charge in [-0.2, -0.15) is 0 Å². The third-order valence-electron chi connectivity index (χ3n) is 4.54. The molecule has 0 radical (unpaired) electrons. The largest absolute Gasteiger partial charge is 0.493 e.